The summed E-state index contributed by atoms with van der Waals surface area (Å²) in [6, 6.07) is 5.24. The Morgan fingerprint density at radius 2 is 2.23 bits per heavy atom. The zero-order valence-corrected chi connectivity index (χ0v) is 13.0. The molecule has 7 heteroatoms. The predicted octanol–water partition coefficient (Wildman–Crippen LogP) is 1.39. The number of hydrogen-bond donors (Lipinski definition) is 2. The van der Waals surface area contributed by atoms with Crippen LogP contribution in [0.15, 0.2) is 18.2 Å². The van der Waals surface area contributed by atoms with Gasteiger partial charge in [0.05, 0.1) is 5.69 Å². The van der Waals surface area contributed by atoms with Crippen LogP contribution in [0.4, 0.5) is 5.69 Å². The SMILES string of the molecule is Cl.NCC1CCCCN1C(=O)c1ccc2c(c1)NC(=O)CO2. The number of halogens is 1. The minimum Gasteiger partial charge on any atom is -0.482 e. The van der Waals surface area contributed by atoms with Crippen LogP contribution >= 0.6 is 12.4 Å². The van der Waals surface area contributed by atoms with Crippen LogP contribution in [0, 0.1) is 0 Å². The lowest BCUT2D eigenvalue weighted by atomic mass is 10.0. The lowest BCUT2D eigenvalue weighted by Crippen LogP contribution is -2.47. The van der Waals surface area contributed by atoms with Crippen molar-refractivity contribution in [3.63, 3.8) is 0 Å². The van der Waals surface area contributed by atoms with Gasteiger partial charge in [-0.15, -0.1) is 12.4 Å². The topological polar surface area (TPSA) is 84.7 Å². The third kappa shape index (κ3) is 3.18. The molecule has 2 aliphatic heterocycles. The van der Waals surface area contributed by atoms with Crippen LogP contribution in [0.5, 0.6) is 5.75 Å². The second kappa shape index (κ2) is 6.98. The van der Waals surface area contributed by atoms with Crippen LogP contribution < -0.4 is 15.8 Å². The Balaban J connectivity index is 0.00000176. The maximum atomic E-state index is 12.7. The van der Waals surface area contributed by atoms with E-state index in [-0.39, 0.29) is 36.9 Å². The zero-order valence-electron chi connectivity index (χ0n) is 12.2. The first kappa shape index (κ1) is 16.6. The van der Waals surface area contributed by atoms with Crippen molar-refractivity contribution in [2.45, 2.75) is 25.3 Å². The molecular weight excluding hydrogens is 306 g/mol. The quantitative estimate of drug-likeness (QED) is 0.860. The fourth-order valence-corrected chi connectivity index (χ4v) is 2.89. The summed E-state index contributed by atoms with van der Waals surface area (Å²) in [6.45, 7) is 1.23. The number of nitrogens with one attached hydrogen (secondary N) is 1. The molecule has 0 aromatic heterocycles. The Hall–Kier alpha value is -1.79. The van der Waals surface area contributed by atoms with Crippen LogP contribution in [0.25, 0.3) is 0 Å². The minimum absolute atomic E-state index is 0. The van der Waals surface area contributed by atoms with Crippen LogP contribution in [-0.4, -0.2) is 42.5 Å². The van der Waals surface area contributed by atoms with E-state index in [0.29, 0.717) is 23.5 Å². The highest BCUT2D eigenvalue weighted by atomic mass is 35.5. The van der Waals surface area contributed by atoms with Gasteiger partial charge in [0, 0.05) is 24.7 Å². The van der Waals surface area contributed by atoms with Gasteiger partial charge in [-0.05, 0) is 37.5 Å². The second-order valence-electron chi connectivity index (χ2n) is 5.43. The molecule has 120 valence electrons. The number of hydrogen-bond acceptors (Lipinski definition) is 4. The van der Waals surface area contributed by atoms with Gasteiger partial charge in [0.25, 0.3) is 11.8 Å². The number of nitrogens with two attached hydrogens (primary N) is 1. The van der Waals surface area contributed by atoms with Gasteiger partial charge in [0.15, 0.2) is 6.61 Å². The number of benzene rings is 1. The van der Waals surface area contributed by atoms with Crippen LogP contribution in [0.3, 0.4) is 0 Å². The van der Waals surface area contributed by atoms with Crippen molar-refractivity contribution < 1.29 is 14.3 Å². The number of likely N-dealkylation sites (tertiary alicyclic amines) is 1. The minimum atomic E-state index is -0.204. The van der Waals surface area contributed by atoms with Crippen molar-refractivity contribution in [1.82, 2.24) is 4.90 Å². The molecule has 1 fully saturated rings. The zero-order chi connectivity index (χ0) is 14.8. The average molecular weight is 326 g/mol. The summed E-state index contributed by atoms with van der Waals surface area (Å²) in [6.07, 6.45) is 3.07. The summed E-state index contributed by atoms with van der Waals surface area (Å²) in [4.78, 5) is 25.9. The third-order valence-electron chi connectivity index (χ3n) is 4.02. The van der Waals surface area contributed by atoms with E-state index in [1.807, 2.05) is 4.90 Å². The summed E-state index contributed by atoms with van der Waals surface area (Å²) < 4.78 is 5.30. The molecule has 1 unspecified atom stereocenters. The predicted molar refractivity (Wildman–Crippen MR) is 85.5 cm³/mol. The molecule has 1 aromatic rings. The van der Waals surface area contributed by atoms with Gasteiger partial charge >= 0.3 is 0 Å². The van der Waals surface area contributed by atoms with Crippen molar-refractivity contribution >= 4 is 29.9 Å². The fraction of sp³-hybridized carbons (Fsp3) is 0.467. The largest absolute Gasteiger partial charge is 0.482 e. The molecule has 0 aliphatic carbocycles. The number of fused-ring (bicyclic) bond motifs is 1. The normalized spacial score (nSPS) is 20.3. The number of rotatable bonds is 2. The number of anilines is 1. The van der Waals surface area contributed by atoms with E-state index < -0.39 is 0 Å². The lowest BCUT2D eigenvalue weighted by Gasteiger charge is -2.35. The molecular formula is C15H20ClN3O3. The van der Waals surface area contributed by atoms with Crippen LogP contribution in [0.2, 0.25) is 0 Å². The van der Waals surface area contributed by atoms with Gasteiger partial charge < -0.3 is 20.7 Å². The molecule has 3 N–H and O–H groups in total. The van der Waals surface area contributed by atoms with E-state index >= 15 is 0 Å². The Kier molecular flexibility index (Phi) is 5.26. The summed E-state index contributed by atoms with van der Waals surface area (Å²) in [5.41, 5.74) is 6.88. The smallest absolute Gasteiger partial charge is 0.262 e. The van der Waals surface area contributed by atoms with Gasteiger partial charge in [-0.2, -0.15) is 0 Å². The van der Waals surface area contributed by atoms with Gasteiger partial charge in [-0.1, -0.05) is 0 Å². The number of carbonyl (C=O) groups is 2. The molecule has 2 aliphatic rings. The molecule has 0 saturated carbocycles. The number of ether oxygens (including phenoxy) is 1. The Morgan fingerprint density at radius 3 is 3.00 bits per heavy atom. The monoisotopic (exact) mass is 325 g/mol. The number of amides is 2. The summed E-state index contributed by atoms with van der Waals surface area (Å²) >= 11 is 0. The summed E-state index contributed by atoms with van der Waals surface area (Å²) in [5, 5.41) is 2.72. The van der Waals surface area contributed by atoms with Gasteiger partial charge in [-0.25, -0.2) is 0 Å². The summed E-state index contributed by atoms with van der Waals surface area (Å²) in [5.74, 6) is 0.359. The van der Waals surface area contributed by atoms with E-state index in [2.05, 4.69) is 5.32 Å². The standard InChI is InChI=1S/C15H19N3O3.ClH/c16-8-11-3-1-2-6-18(11)15(20)10-4-5-13-12(7-10)17-14(19)9-21-13;/h4-5,7,11H,1-3,6,8-9,16H2,(H,17,19);1H. The average Bonchev–Trinajstić information content (AvgIpc) is 2.53. The molecule has 6 nitrogen and oxygen atoms in total. The molecule has 0 bridgehead atoms. The molecule has 3 rings (SSSR count). The fourth-order valence-electron chi connectivity index (χ4n) is 2.89. The molecule has 22 heavy (non-hydrogen) atoms. The first-order chi connectivity index (χ1) is 10.2. The maximum absolute atomic E-state index is 12.7. The molecule has 2 heterocycles. The van der Waals surface area contributed by atoms with Gasteiger partial charge in [0.1, 0.15) is 5.75 Å². The Labute approximate surface area is 135 Å². The van der Waals surface area contributed by atoms with E-state index in [1.54, 1.807) is 18.2 Å². The highest BCUT2D eigenvalue weighted by molar-refractivity contribution is 6.00. The van der Waals surface area contributed by atoms with E-state index in [4.69, 9.17) is 10.5 Å². The van der Waals surface area contributed by atoms with Crippen molar-refractivity contribution in [1.29, 1.82) is 0 Å². The van der Waals surface area contributed by atoms with Crippen molar-refractivity contribution in [3.8, 4) is 5.75 Å². The number of carbonyl (C=O) groups excluding carboxylic acids is 2. The van der Waals surface area contributed by atoms with E-state index in [1.165, 1.54) is 0 Å². The number of nitrogens with zero attached hydrogens (tertiary/aromatic N) is 1. The first-order valence-corrected chi connectivity index (χ1v) is 7.27. The van der Waals surface area contributed by atoms with E-state index in [9.17, 15) is 9.59 Å². The molecule has 2 amide bonds. The van der Waals surface area contributed by atoms with Crippen LogP contribution in [-0.2, 0) is 4.79 Å². The Morgan fingerprint density at radius 1 is 1.41 bits per heavy atom. The van der Waals surface area contributed by atoms with Crippen LogP contribution in [0.1, 0.15) is 29.6 Å². The van der Waals surface area contributed by atoms with E-state index in [0.717, 1.165) is 25.8 Å². The molecule has 1 saturated heterocycles. The number of piperidine rings is 1. The van der Waals surface area contributed by atoms with Gasteiger partial charge in [0.2, 0.25) is 0 Å². The lowest BCUT2D eigenvalue weighted by molar-refractivity contribution is -0.118. The first-order valence-electron chi connectivity index (χ1n) is 7.27. The van der Waals surface area contributed by atoms with Crippen molar-refractivity contribution in [2.75, 3.05) is 25.0 Å². The molecule has 0 radical (unpaired) electrons. The molecule has 1 aromatic carbocycles. The maximum Gasteiger partial charge on any atom is 0.262 e. The second-order valence-corrected chi connectivity index (χ2v) is 5.43. The van der Waals surface area contributed by atoms with Gasteiger partial charge in [-0.3, -0.25) is 9.59 Å². The highest BCUT2D eigenvalue weighted by Gasteiger charge is 2.27. The molecule has 1 atom stereocenters. The summed E-state index contributed by atoms with van der Waals surface area (Å²) in [7, 11) is 0. The Bertz CT molecular complexity index is 579. The molecule has 0 spiro atoms. The highest BCUT2D eigenvalue weighted by Crippen LogP contribution is 2.29. The van der Waals surface area contributed by atoms with Crippen molar-refractivity contribution in [2.24, 2.45) is 5.73 Å². The third-order valence-corrected chi connectivity index (χ3v) is 4.02. The van der Waals surface area contributed by atoms with Crippen molar-refractivity contribution in [3.05, 3.63) is 23.8 Å².